The van der Waals surface area contributed by atoms with Gasteiger partial charge in [-0.3, -0.25) is 4.90 Å². The summed E-state index contributed by atoms with van der Waals surface area (Å²) in [5.74, 6) is 1.75. The molecule has 0 saturated carbocycles. The molecule has 0 radical (unpaired) electrons. The van der Waals surface area contributed by atoms with Crippen LogP contribution in [0.1, 0.15) is 46.1 Å². The van der Waals surface area contributed by atoms with Crippen LogP contribution in [0.4, 0.5) is 0 Å². The number of methoxy groups -OCH3 is 1. The van der Waals surface area contributed by atoms with Crippen LogP contribution in [0.15, 0.2) is 29.3 Å². The van der Waals surface area contributed by atoms with Gasteiger partial charge in [0.15, 0.2) is 5.96 Å². The lowest BCUT2D eigenvalue weighted by Gasteiger charge is -2.25. The number of para-hydroxylation sites is 1. The molecule has 1 fully saturated rings. The molecule has 1 saturated heterocycles. The van der Waals surface area contributed by atoms with Crippen LogP contribution in [0.25, 0.3) is 0 Å². The minimum absolute atomic E-state index is 0.225. The first-order chi connectivity index (χ1) is 13.4. The maximum Gasteiger partial charge on any atom is 0.191 e. The highest BCUT2D eigenvalue weighted by molar-refractivity contribution is 5.79. The third kappa shape index (κ3) is 7.68. The Morgan fingerprint density at radius 2 is 2.04 bits per heavy atom. The molecule has 1 aromatic carbocycles. The van der Waals surface area contributed by atoms with E-state index < -0.39 is 0 Å². The minimum atomic E-state index is -0.225. The number of likely N-dealkylation sites (tertiary alicyclic amines) is 1. The molecule has 2 N–H and O–H groups in total. The van der Waals surface area contributed by atoms with E-state index in [4.69, 9.17) is 14.5 Å². The summed E-state index contributed by atoms with van der Waals surface area (Å²) in [6.07, 6.45) is 2.47. The Kier molecular flexibility index (Phi) is 9.06. The van der Waals surface area contributed by atoms with Gasteiger partial charge < -0.3 is 20.1 Å². The van der Waals surface area contributed by atoms with Crippen LogP contribution >= 0.6 is 0 Å². The topological polar surface area (TPSA) is 58.1 Å². The highest BCUT2D eigenvalue weighted by Gasteiger charge is 2.24. The zero-order chi connectivity index (χ0) is 20.4. The van der Waals surface area contributed by atoms with Crippen molar-refractivity contribution < 1.29 is 9.47 Å². The van der Waals surface area contributed by atoms with E-state index in [-0.39, 0.29) is 5.60 Å². The number of hydrogen-bond donors (Lipinski definition) is 2. The molecule has 2 rings (SSSR count). The molecule has 1 unspecified atom stereocenters. The summed E-state index contributed by atoms with van der Waals surface area (Å²) >= 11 is 0. The number of ether oxygens (including phenoxy) is 2. The van der Waals surface area contributed by atoms with Crippen molar-refractivity contribution in [2.24, 2.45) is 4.99 Å². The van der Waals surface area contributed by atoms with E-state index in [0.717, 1.165) is 50.1 Å². The third-order valence-electron chi connectivity index (χ3n) is 4.73. The van der Waals surface area contributed by atoms with Crippen LogP contribution in [0.5, 0.6) is 5.75 Å². The number of aliphatic imine (C=N–C) groups is 1. The number of nitrogens with zero attached hydrogens (tertiary/aromatic N) is 2. The van der Waals surface area contributed by atoms with Gasteiger partial charge in [0.25, 0.3) is 0 Å². The quantitative estimate of drug-likeness (QED) is 0.501. The van der Waals surface area contributed by atoms with Crippen LogP contribution in [-0.2, 0) is 11.3 Å². The maximum absolute atomic E-state index is 6.09. The smallest absolute Gasteiger partial charge is 0.191 e. The van der Waals surface area contributed by atoms with Crippen molar-refractivity contribution in [3.63, 3.8) is 0 Å². The molecule has 158 valence electrons. The predicted molar refractivity (Wildman–Crippen MR) is 116 cm³/mol. The highest BCUT2D eigenvalue weighted by atomic mass is 16.5. The first-order valence-electron chi connectivity index (χ1n) is 10.4. The molecule has 1 heterocycles. The van der Waals surface area contributed by atoms with E-state index in [9.17, 15) is 0 Å². The van der Waals surface area contributed by atoms with Crippen molar-refractivity contribution in [2.75, 3.05) is 39.9 Å². The molecule has 0 aliphatic carbocycles. The van der Waals surface area contributed by atoms with Crippen LogP contribution < -0.4 is 15.4 Å². The standard InChI is InChI=1S/C22H38N4O2/c1-6-23-21(25-17-19-11-9-13-26(19)14-15-27-5)24-16-18-10-7-8-12-20(18)28-22(2,3)4/h7-8,10,12,19H,6,9,11,13-17H2,1-5H3,(H2,23,24,25). The summed E-state index contributed by atoms with van der Waals surface area (Å²) < 4.78 is 11.3. The van der Waals surface area contributed by atoms with E-state index in [1.54, 1.807) is 7.11 Å². The lowest BCUT2D eigenvalue weighted by molar-refractivity contribution is 0.129. The second-order valence-corrected chi connectivity index (χ2v) is 8.22. The fraction of sp³-hybridized carbons (Fsp3) is 0.682. The molecule has 1 atom stereocenters. The fourth-order valence-corrected chi connectivity index (χ4v) is 3.41. The molecule has 6 heteroatoms. The zero-order valence-corrected chi connectivity index (χ0v) is 18.3. The lowest BCUT2D eigenvalue weighted by atomic mass is 10.1. The fourth-order valence-electron chi connectivity index (χ4n) is 3.41. The minimum Gasteiger partial charge on any atom is -0.488 e. The van der Waals surface area contributed by atoms with Crippen LogP contribution in [0, 0.1) is 0 Å². The summed E-state index contributed by atoms with van der Waals surface area (Å²) in [5.41, 5.74) is 0.869. The summed E-state index contributed by atoms with van der Waals surface area (Å²) in [7, 11) is 1.76. The number of hydrogen-bond acceptors (Lipinski definition) is 4. The van der Waals surface area contributed by atoms with E-state index >= 15 is 0 Å². The van der Waals surface area contributed by atoms with Crippen LogP contribution in [-0.4, -0.2) is 62.4 Å². The molecule has 1 aromatic rings. The largest absolute Gasteiger partial charge is 0.488 e. The SMILES string of the molecule is CCNC(=NCc1ccccc1OC(C)(C)C)NCC1CCCN1CCOC. The van der Waals surface area contributed by atoms with Crippen molar-refractivity contribution in [2.45, 2.75) is 58.7 Å². The van der Waals surface area contributed by atoms with Gasteiger partial charge >= 0.3 is 0 Å². The van der Waals surface area contributed by atoms with Gasteiger partial charge in [-0.05, 0) is 53.1 Å². The van der Waals surface area contributed by atoms with Gasteiger partial charge in [-0.15, -0.1) is 0 Å². The van der Waals surface area contributed by atoms with Crippen LogP contribution in [0.3, 0.4) is 0 Å². The summed E-state index contributed by atoms with van der Waals surface area (Å²) in [6.45, 7) is 13.5. The highest BCUT2D eigenvalue weighted by Crippen LogP contribution is 2.23. The van der Waals surface area contributed by atoms with E-state index in [1.165, 1.54) is 12.8 Å². The molecule has 28 heavy (non-hydrogen) atoms. The Hall–Kier alpha value is -1.79. The Morgan fingerprint density at radius 3 is 2.75 bits per heavy atom. The van der Waals surface area contributed by atoms with Gasteiger partial charge in [-0.2, -0.15) is 0 Å². The number of nitrogens with one attached hydrogen (secondary N) is 2. The average molecular weight is 391 g/mol. The summed E-state index contributed by atoms with van der Waals surface area (Å²) in [4.78, 5) is 7.30. The van der Waals surface area contributed by atoms with Crippen molar-refractivity contribution in [3.05, 3.63) is 29.8 Å². The maximum atomic E-state index is 6.09. The monoisotopic (exact) mass is 390 g/mol. The predicted octanol–water partition coefficient (Wildman–Crippen LogP) is 3.03. The number of guanidine groups is 1. The van der Waals surface area contributed by atoms with Gasteiger partial charge in [0.05, 0.1) is 13.2 Å². The molecular formula is C22H38N4O2. The second kappa shape index (κ2) is 11.3. The van der Waals surface area contributed by atoms with Crippen molar-refractivity contribution in [1.29, 1.82) is 0 Å². The van der Waals surface area contributed by atoms with Gasteiger partial charge in [0.2, 0.25) is 0 Å². The third-order valence-corrected chi connectivity index (χ3v) is 4.73. The molecule has 0 spiro atoms. The Balaban J connectivity index is 1.97. The van der Waals surface area contributed by atoms with Gasteiger partial charge in [0.1, 0.15) is 11.4 Å². The lowest BCUT2D eigenvalue weighted by Crippen LogP contribution is -2.45. The van der Waals surface area contributed by atoms with Crippen molar-refractivity contribution >= 4 is 5.96 Å². The number of rotatable bonds is 9. The van der Waals surface area contributed by atoms with E-state index in [1.807, 2.05) is 18.2 Å². The van der Waals surface area contributed by atoms with Crippen molar-refractivity contribution in [3.8, 4) is 5.75 Å². The Bertz CT molecular complexity index is 613. The number of benzene rings is 1. The van der Waals surface area contributed by atoms with Crippen molar-refractivity contribution in [1.82, 2.24) is 15.5 Å². The molecule has 1 aliphatic rings. The van der Waals surface area contributed by atoms with E-state index in [0.29, 0.717) is 12.6 Å². The second-order valence-electron chi connectivity index (χ2n) is 8.22. The molecular weight excluding hydrogens is 352 g/mol. The first kappa shape index (κ1) is 22.5. The summed E-state index contributed by atoms with van der Waals surface area (Å²) in [5, 5.41) is 6.88. The molecule has 0 bridgehead atoms. The first-order valence-corrected chi connectivity index (χ1v) is 10.4. The molecule has 1 aliphatic heterocycles. The van der Waals surface area contributed by atoms with Crippen LogP contribution in [0.2, 0.25) is 0 Å². The Morgan fingerprint density at radius 1 is 1.25 bits per heavy atom. The molecule has 0 aromatic heterocycles. The molecule has 6 nitrogen and oxygen atoms in total. The molecule has 0 amide bonds. The van der Waals surface area contributed by atoms with E-state index in [2.05, 4.69) is 49.3 Å². The Labute approximate surface area is 170 Å². The van der Waals surface area contributed by atoms with Gasteiger partial charge in [0, 0.05) is 38.3 Å². The normalized spacial score (nSPS) is 18.3. The van der Waals surface area contributed by atoms with Gasteiger partial charge in [-0.25, -0.2) is 4.99 Å². The van der Waals surface area contributed by atoms with Gasteiger partial charge in [-0.1, -0.05) is 18.2 Å². The zero-order valence-electron chi connectivity index (χ0n) is 18.3. The summed E-state index contributed by atoms with van der Waals surface area (Å²) in [6, 6.07) is 8.68. The average Bonchev–Trinajstić information content (AvgIpc) is 3.09.